The molecule has 1 aromatic heterocycles. The van der Waals surface area contributed by atoms with E-state index in [0.29, 0.717) is 22.1 Å². The summed E-state index contributed by atoms with van der Waals surface area (Å²) in [4.78, 5) is 34.5. The highest BCUT2D eigenvalue weighted by molar-refractivity contribution is 14.1. The average molecular weight is 736 g/mol. The van der Waals surface area contributed by atoms with Crippen molar-refractivity contribution >= 4 is 68.2 Å². The van der Waals surface area contributed by atoms with Crippen molar-refractivity contribution in [3.05, 3.63) is 51.5 Å². The molecule has 1 aliphatic carbocycles. The predicted octanol–water partition coefficient (Wildman–Crippen LogP) is 8.19. The number of halogens is 4. The van der Waals surface area contributed by atoms with E-state index >= 15 is 4.39 Å². The molecule has 0 atom stereocenters. The third kappa shape index (κ3) is 7.10. The van der Waals surface area contributed by atoms with E-state index in [4.69, 9.17) is 4.74 Å². The lowest BCUT2D eigenvalue weighted by Gasteiger charge is -2.35. The standard InChI is InChI=1S/C33H37F3IN5O3/c1-31(2,3)45-30(44)39-22-16-20-17-24(26(34)28(27(20)38-19-22)42-14-10-33(35,36)11-15-42)40-29(43)23-5-4-21(37)18-25(23)41-12-8-32(6-7-32)9-13-41/h4-5,16-19H,6-15H2,1-3H3,(H,39,44)(H,40,43). The number of carbonyl (C=O) groups is 2. The molecule has 3 fully saturated rings. The molecule has 8 nitrogen and oxygen atoms in total. The van der Waals surface area contributed by atoms with Crippen LogP contribution in [0, 0.1) is 14.8 Å². The van der Waals surface area contributed by atoms with E-state index in [0.717, 1.165) is 35.2 Å². The number of rotatable bonds is 5. The monoisotopic (exact) mass is 735 g/mol. The van der Waals surface area contributed by atoms with Crippen molar-refractivity contribution < 1.29 is 27.5 Å². The molecule has 2 N–H and O–H groups in total. The fourth-order valence-electron chi connectivity index (χ4n) is 6.21. The zero-order chi connectivity index (χ0) is 32.1. The Morgan fingerprint density at radius 2 is 1.60 bits per heavy atom. The fourth-order valence-corrected chi connectivity index (χ4v) is 6.69. The SMILES string of the molecule is CC(C)(C)OC(=O)Nc1cnc2c(N3CCC(F)(F)CC3)c(F)c(NC(=O)c3ccc(I)cc3N3CCC4(CC3)CC4)cc2c1. The van der Waals surface area contributed by atoms with E-state index < -0.39 is 42.2 Å². The minimum absolute atomic E-state index is 0.0377. The molecular formula is C33H37F3IN5O3. The molecule has 6 rings (SSSR count). The number of benzene rings is 2. The fraction of sp³-hybridized carbons (Fsp3) is 0.485. The summed E-state index contributed by atoms with van der Waals surface area (Å²) in [6.45, 7) is 6.78. The Hall–Kier alpha value is -3.29. The number of aromatic nitrogens is 1. The topological polar surface area (TPSA) is 86.8 Å². The van der Waals surface area contributed by atoms with E-state index in [9.17, 15) is 18.4 Å². The van der Waals surface area contributed by atoms with Crippen molar-refractivity contribution in [2.75, 3.05) is 46.6 Å². The Morgan fingerprint density at radius 1 is 0.933 bits per heavy atom. The zero-order valence-corrected chi connectivity index (χ0v) is 27.8. The number of alkyl halides is 2. The smallest absolute Gasteiger partial charge is 0.412 e. The lowest BCUT2D eigenvalue weighted by atomic mass is 9.93. The normalized spacial score (nSPS) is 19.0. The molecule has 3 heterocycles. The van der Waals surface area contributed by atoms with Gasteiger partial charge in [0, 0.05) is 48.0 Å². The maximum absolute atomic E-state index is 16.4. The van der Waals surface area contributed by atoms with Crippen molar-refractivity contribution in [2.24, 2.45) is 5.41 Å². The number of nitrogens with one attached hydrogen (secondary N) is 2. The summed E-state index contributed by atoms with van der Waals surface area (Å²) < 4.78 is 50.8. The van der Waals surface area contributed by atoms with Gasteiger partial charge in [0.1, 0.15) is 11.3 Å². The van der Waals surface area contributed by atoms with Gasteiger partial charge >= 0.3 is 6.09 Å². The number of piperidine rings is 2. The Morgan fingerprint density at radius 3 is 2.24 bits per heavy atom. The molecule has 2 saturated heterocycles. The number of ether oxygens (including phenoxy) is 1. The Kier molecular flexibility index (Phi) is 8.32. The van der Waals surface area contributed by atoms with Crippen LogP contribution in [-0.2, 0) is 4.74 Å². The molecule has 240 valence electrons. The lowest BCUT2D eigenvalue weighted by Crippen LogP contribution is -2.40. The van der Waals surface area contributed by atoms with Crippen molar-refractivity contribution in [3.63, 3.8) is 0 Å². The first kappa shape index (κ1) is 31.7. The molecular weight excluding hydrogens is 698 g/mol. The average Bonchev–Trinajstić information content (AvgIpc) is 3.71. The molecule has 0 radical (unpaired) electrons. The first-order valence-electron chi connectivity index (χ1n) is 15.3. The number of pyridine rings is 1. The van der Waals surface area contributed by atoms with Crippen molar-refractivity contribution in [1.82, 2.24) is 4.98 Å². The maximum atomic E-state index is 16.4. The number of carbonyl (C=O) groups excluding carboxylic acids is 2. The third-order valence-electron chi connectivity index (χ3n) is 8.92. The molecule has 0 bridgehead atoms. The van der Waals surface area contributed by atoms with Crippen LogP contribution in [0.3, 0.4) is 0 Å². The van der Waals surface area contributed by atoms with Gasteiger partial charge in [0.25, 0.3) is 11.8 Å². The van der Waals surface area contributed by atoms with Gasteiger partial charge in [-0.25, -0.2) is 18.0 Å². The van der Waals surface area contributed by atoms with E-state index in [2.05, 4.69) is 43.1 Å². The van der Waals surface area contributed by atoms with Crippen molar-refractivity contribution in [3.8, 4) is 0 Å². The van der Waals surface area contributed by atoms with Crippen molar-refractivity contribution in [2.45, 2.75) is 70.8 Å². The summed E-state index contributed by atoms with van der Waals surface area (Å²) in [5.41, 5.74) is 1.46. The number of hydrogen-bond donors (Lipinski definition) is 2. The summed E-state index contributed by atoms with van der Waals surface area (Å²) in [5, 5.41) is 5.83. The van der Waals surface area contributed by atoms with Crippen LogP contribution >= 0.6 is 22.6 Å². The van der Waals surface area contributed by atoms with Gasteiger partial charge in [0.2, 0.25) is 0 Å². The van der Waals surface area contributed by atoms with Gasteiger partial charge in [-0.2, -0.15) is 0 Å². The van der Waals surface area contributed by atoms with Crippen LogP contribution in [0.15, 0.2) is 36.5 Å². The van der Waals surface area contributed by atoms with Crippen LogP contribution in [0.5, 0.6) is 0 Å². The number of nitrogens with zero attached hydrogens (tertiary/aromatic N) is 3. The summed E-state index contributed by atoms with van der Waals surface area (Å²) in [5.74, 6) is -4.05. The van der Waals surface area contributed by atoms with Gasteiger partial charge in [0.05, 0.1) is 34.3 Å². The van der Waals surface area contributed by atoms with Crippen LogP contribution in [0.4, 0.5) is 40.7 Å². The summed E-state index contributed by atoms with van der Waals surface area (Å²) >= 11 is 2.23. The first-order chi connectivity index (χ1) is 21.2. The molecule has 1 saturated carbocycles. The van der Waals surface area contributed by atoms with Crippen LogP contribution in [0.25, 0.3) is 10.9 Å². The summed E-state index contributed by atoms with van der Waals surface area (Å²) in [7, 11) is 0. The van der Waals surface area contributed by atoms with Gasteiger partial charge in [-0.3, -0.25) is 15.1 Å². The Bertz CT molecular complexity index is 1640. The number of hydrogen-bond acceptors (Lipinski definition) is 6. The van der Waals surface area contributed by atoms with Gasteiger partial charge in [-0.15, -0.1) is 0 Å². The highest BCUT2D eigenvalue weighted by Crippen LogP contribution is 2.54. The van der Waals surface area contributed by atoms with E-state index in [1.54, 1.807) is 37.8 Å². The molecule has 3 aliphatic rings. The highest BCUT2D eigenvalue weighted by atomic mass is 127. The number of anilines is 4. The zero-order valence-electron chi connectivity index (χ0n) is 25.6. The van der Waals surface area contributed by atoms with Gasteiger partial charge in [-0.05, 0) is 105 Å². The molecule has 2 aliphatic heterocycles. The maximum Gasteiger partial charge on any atom is 0.412 e. The predicted molar refractivity (Wildman–Crippen MR) is 178 cm³/mol. The largest absolute Gasteiger partial charge is 0.444 e. The molecule has 12 heteroatoms. The molecule has 45 heavy (non-hydrogen) atoms. The summed E-state index contributed by atoms with van der Waals surface area (Å²) in [6, 6.07) is 8.64. The first-order valence-corrected chi connectivity index (χ1v) is 16.4. The van der Waals surface area contributed by atoms with Gasteiger partial charge < -0.3 is 19.9 Å². The van der Waals surface area contributed by atoms with Crippen LogP contribution in [0.1, 0.15) is 69.7 Å². The lowest BCUT2D eigenvalue weighted by molar-refractivity contribution is -0.0221. The van der Waals surface area contributed by atoms with Gasteiger partial charge in [-0.1, -0.05) is 0 Å². The molecule has 2 aromatic carbocycles. The van der Waals surface area contributed by atoms with Crippen LogP contribution in [-0.4, -0.2) is 54.7 Å². The van der Waals surface area contributed by atoms with Crippen LogP contribution in [0.2, 0.25) is 0 Å². The Labute approximate surface area is 274 Å². The molecule has 1 spiro atoms. The third-order valence-corrected chi connectivity index (χ3v) is 9.59. The quantitative estimate of drug-likeness (QED) is 0.257. The summed E-state index contributed by atoms with van der Waals surface area (Å²) in [6.07, 6.45) is 4.54. The van der Waals surface area contributed by atoms with E-state index in [1.165, 1.54) is 25.1 Å². The molecule has 0 unspecified atom stereocenters. The van der Waals surface area contributed by atoms with Crippen LogP contribution < -0.4 is 20.4 Å². The molecule has 2 amide bonds. The number of amides is 2. The molecule has 3 aromatic rings. The van der Waals surface area contributed by atoms with E-state index in [1.807, 2.05) is 12.1 Å². The second kappa shape index (κ2) is 11.8. The second-order valence-corrected chi connectivity index (χ2v) is 14.7. The minimum Gasteiger partial charge on any atom is -0.444 e. The minimum atomic E-state index is -2.83. The van der Waals surface area contributed by atoms with Gasteiger partial charge in [0.15, 0.2) is 5.82 Å². The highest BCUT2D eigenvalue weighted by Gasteiger charge is 2.44. The van der Waals surface area contributed by atoms with Crippen molar-refractivity contribution in [1.29, 1.82) is 0 Å². The Balaban J connectivity index is 1.34. The second-order valence-electron chi connectivity index (χ2n) is 13.5. The number of fused-ring (bicyclic) bond motifs is 1. The van der Waals surface area contributed by atoms with E-state index in [-0.39, 0.29) is 30.0 Å².